The predicted octanol–water partition coefficient (Wildman–Crippen LogP) is 3.79. The van der Waals surface area contributed by atoms with Gasteiger partial charge in [-0.1, -0.05) is 25.3 Å². The highest BCUT2D eigenvalue weighted by molar-refractivity contribution is 5.95. The Morgan fingerprint density at radius 2 is 1.96 bits per heavy atom. The fourth-order valence-electron chi connectivity index (χ4n) is 3.25. The van der Waals surface area contributed by atoms with Gasteiger partial charge >= 0.3 is 5.97 Å². The molecular formula is C19H23N3O2. The summed E-state index contributed by atoms with van der Waals surface area (Å²) in [5.74, 6) is -0.408. The third-order valence-corrected chi connectivity index (χ3v) is 4.63. The molecule has 2 aromatic rings. The first kappa shape index (κ1) is 16.6. The molecule has 1 aliphatic carbocycles. The van der Waals surface area contributed by atoms with E-state index < -0.39 is 5.97 Å². The van der Waals surface area contributed by atoms with Crippen LogP contribution in [0.1, 0.15) is 48.2 Å². The van der Waals surface area contributed by atoms with Crippen LogP contribution in [-0.4, -0.2) is 34.1 Å². The Labute approximate surface area is 142 Å². The maximum absolute atomic E-state index is 12.7. The smallest absolute Gasteiger partial charge is 0.363 e. The largest absolute Gasteiger partial charge is 0.376 e. The average molecular weight is 325 g/mol. The van der Waals surface area contributed by atoms with Crippen LogP contribution in [0.15, 0.2) is 36.8 Å². The van der Waals surface area contributed by atoms with Gasteiger partial charge in [-0.2, -0.15) is 0 Å². The van der Waals surface area contributed by atoms with Crippen LogP contribution in [0.4, 0.5) is 0 Å². The lowest BCUT2D eigenvalue weighted by Crippen LogP contribution is -2.35. The van der Waals surface area contributed by atoms with Crippen LogP contribution in [0.3, 0.4) is 0 Å². The zero-order chi connectivity index (χ0) is 16.9. The van der Waals surface area contributed by atoms with E-state index in [1.165, 1.54) is 19.3 Å². The van der Waals surface area contributed by atoms with Crippen molar-refractivity contribution in [2.45, 2.75) is 45.1 Å². The fraction of sp³-hybridized carbons (Fsp3) is 0.421. The number of hydroxylamine groups is 2. The van der Waals surface area contributed by atoms with Crippen LogP contribution in [0.2, 0.25) is 0 Å². The van der Waals surface area contributed by atoms with Crippen LogP contribution in [0.5, 0.6) is 0 Å². The zero-order valence-corrected chi connectivity index (χ0v) is 14.2. The van der Waals surface area contributed by atoms with Gasteiger partial charge in [0.1, 0.15) is 0 Å². The number of nitrogens with zero attached hydrogens (tertiary/aromatic N) is 3. The number of carbonyl (C=O) groups excluding carboxylic acids is 1. The van der Waals surface area contributed by atoms with Gasteiger partial charge in [0.15, 0.2) is 5.69 Å². The summed E-state index contributed by atoms with van der Waals surface area (Å²) in [5.41, 5.74) is 3.07. The molecule has 1 aliphatic rings. The molecule has 0 bridgehead atoms. The highest BCUT2D eigenvalue weighted by Crippen LogP contribution is 2.26. The Morgan fingerprint density at radius 3 is 2.71 bits per heavy atom. The second-order valence-corrected chi connectivity index (χ2v) is 6.31. The lowest BCUT2D eigenvalue weighted by Gasteiger charge is -2.29. The first-order valence-corrected chi connectivity index (χ1v) is 8.48. The molecule has 0 unspecified atom stereocenters. The highest BCUT2D eigenvalue weighted by Gasteiger charge is 2.24. The van der Waals surface area contributed by atoms with Gasteiger partial charge in [0.05, 0.1) is 0 Å². The van der Waals surface area contributed by atoms with E-state index in [2.05, 4.69) is 9.97 Å². The van der Waals surface area contributed by atoms with E-state index in [-0.39, 0.29) is 0 Å². The van der Waals surface area contributed by atoms with Gasteiger partial charge in [0.2, 0.25) is 0 Å². The topological polar surface area (TPSA) is 55.3 Å². The molecule has 126 valence electrons. The summed E-state index contributed by atoms with van der Waals surface area (Å²) in [4.78, 5) is 26.6. The molecule has 3 rings (SSSR count). The molecule has 0 aromatic carbocycles. The van der Waals surface area contributed by atoms with Gasteiger partial charge in [0, 0.05) is 37.2 Å². The number of aryl methyl sites for hydroxylation is 1. The molecule has 5 heteroatoms. The Hall–Kier alpha value is -2.27. The van der Waals surface area contributed by atoms with Crippen molar-refractivity contribution in [1.82, 2.24) is 15.0 Å². The summed E-state index contributed by atoms with van der Waals surface area (Å²) in [7, 11) is 1.84. The molecule has 24 heavy (non-hydrogen) atoms. The van der Waals surface area contributed by atoms with E-state index in [0.29, 0.717) is 11.7 Å². The molecule has 0 N–H and O–H groups in total. The van der Waals surface area contributed by atoms with Crippen LogP contribution < -0.4 is 0 Å². The van der Waals surface area contributed by atoms with Gasteiger partial charge in [0.25, 0.3) is 0 Å². The Kier molecular flexibility index (Phi) is 5.20. The van der Waals surface area contributed by atoms with Crippen LogP contribution in [0, 0.1) is 6.92 Å². The number of aromatic nitrogens is 2. The molecule has 2 heterocycles. The van der Waals surface area contributed by atoms with E-state index in [1.54, 1.807) is 23.7 Å². The zero-order valence-electron chi connectivity index (χ0n) is 14.2. The van der Waals surface area contributed by atoms with Crippen molar-refractivity contribution in [3.8, 4) is 11.1 Å². The molecule has 1 saturated carbocycles. The van der Waals surface area contributed by atoms with Crippen molar-refractivity contribution in [2.24, 2.45) is 0 Å². The van der Waals surface area contributed by atoms with E-state index in [0.717, 1.165) is 29.5 Å². The van der Waals surface area contributed by atoms with Gasteiger partial charge < -0.3 is 4.84 Å². The normalized spacial score (nSPS) is 15.5. The molecule has 0 atom stereocenters. The van der Waals surface area contributed by atoms with E-state index >= 15 is 0 Å². The van der Waals surface area contributed by atoms with Crippen LogP contribution in [-0.2, 0) is 4.84 Å². The number of rotatable bonds is 4. The second kappa shape index (κ2) is 7.53. The molecule has 2 aromatic heterocycles. The molecule has 0 radical (unpaired) electrons. The lowest BCUT2D eigenvalue weighted by molar-refractivity contribution is -0.125. The van der Waals surface area contributed by atoms with Gasteiger partial charge in [-0.25, -0.2) is 9.78 Å². The highest BCUT2D eigenvalue weighted by atomic mass is 16.7. The predicted molar refractivity (Wildman–Crippen MR) is 92.3 cm³/mol. The molecule has 0 amide bonds. The van der Waals surface area contributed by atoms with Crippen molar-refractivity contribution < 1.29 is 9.63 Å². The Balaban J connectivity index is 1.82. The Morgan fingerprint density at radius 1 is 1.17 bits per heavy atom. The minimum atomic E-state index is -0.408. The number of carbonyl (C=O) groups is 1. The van der Waals surface area contributed by atoms with Gasteiger partial charge in [-0.3, -0.25) is 4.98 Å². The molecule has 5 nitrogen and oxygen atoms in total. The molecule has 0 saturated heterocycles. The standard InChI is InChI=1S/C19H23N3O2/c1-14-13-20-12-10-16(14)17-9-6-11-21-18(17)19(23)24-22(2)15-7-4-3-5-8-15/h6,9-13,15H,3-5,7-8H2,1-2H3. The molecule has 0 aliphatic heterocycles. The summed E-state index contributed by atoms with van der Waals surface area (Å²) in [6.07, 6.45) is 10.9. The summed E-state index contributed by atoms with van der Waals surface area (Å²) in [6.45, 7) is 1.97. The van der Waals surface area contributed by atoms with Crippen molar-refractivity contribution in [3.63, 3.8) is 0 Å². The third-order valence-electron chi connectivity index (χ3n) is 4.63. The van der Waals surface area contributed by atoms with Crippen molar-refractivity contribution in [1.29, 1.82) is 0 Å². The maximum atomic E-state index is 12.7. The lowest BCUT2D eigenvalue weighted by atomic mass is 9.95. The monoisotopic (exact) mass is 325 g/mol. The minimum Gasteiger partial charge on any atom is -0.363 e. The van der Waals surface area contributed by atoms with Crippen LogP contribution >= 0.6 is 0 Å². The van der Waals surface area contributed by atoms with Crippen molar-refractivity contribution >= 4 is 5.97 Å². The molecular weight excluding hydrogens is 302 g/mol. The number of hydrogen-bond donors (Lipinski definition) is 0. The first-order valence-electron chi connectivity index (χ1n) is 8.48. The first-order chi connectivity index (χ1) is 11.7. The summed E-state index contributed by atoms with van der Waals surface area (Å²) >= 11 is 0. The van der Waals surface area contributed by atoms with Gasteiger partial charge in [-0.15, -0.1) is 5.06 Å². The summed E-state index contributed by atoms with van der Waals surface area (Å²) in [5, 5.41) is 1.71. The van der Waals surface area contributed by atoms with Gasteiger partial charge in [-0.05, 0) is 43.0 Å². The molecule has 0 spiro atoms. The Bertz CT molecular complexity index is 711. The van der Waals surface area contributed by atoms with E-state index in [1.807, 2.05) is 32.2 Å². The van der Waals surface area contributed by atoms with Crippen molar-refractivity contribution in [3.05, 3.63) is 48.0 Å². The van der Waals surface area contributed by atoms with E-state index in [9.17, 15) is 4.79 Å². The summed E-state index contributed by atoms with van der Waals surface area (Å²) in [6, 6.07) is 5.93. The second-order valence-electron chi connectivity index (χ2n) is 6.31. The average Bonchev–Trinajstić information content (AvgIpc) is 2.63. The van der Waals surface area contributed by atoms with E-state index in [4.69, 9.17) is 4.84 Å². The third kappa shape index (κ3) is 3.62. The SMILES string of the molecule is Cc1cnccc1-c1cccnc1C(=O)ON(C)C1CCCCC1. The number of hydrogen-bond acceptors (Lipinski definition) is 5. The quantitative estimate of drug-likeness (QED) is 0.801. The number of pyridine rings is 2. The minimum absolute atomic E-state index is 0.303. The maximum Gasteiger partial charge on any atom is 0.376 e. The molecule has 1 fully saturated rings. The van der Waals surface area contributed by atoms with Crippen molar-refractivity contribution in [2.75, 3.05) is 7.05 Å². The van der Waals surface area contributed by atoms with Crippen LogP contribution in [0.25, 0.3) is 11.1 Å². The fourth-order valence-corrected chi connectivity index (χ4v) is 3.25. The summed E-state index contributed by atoms with van der Waals surface area (Å²) < 4.78 is 0.